The van der Waals surface area contributed by atoms with Crippen LogP contribution >= 0.6 is 0 Å². The molecule has 2 aromatic carbocycles. The maximum atomic E-state index is 14.1. The SMILES string of the molecule is C#CCN1CC/C(=C\C2=C(C(=O)OC(c3ccccc3)c3ccccc3)N3C(=O)[C@@H](NC(=O)OC(C)(C)C)[C@H]3S(=O)C2)C1=O. The zero-order valence-corrected chi connectivity index (χ0v) is 25.5. The van der Waals surface area contributed by atoms with E-state index in [1.807, 2.05) is 60.7 Å². The zero-order chi connectivity index (χ0) is 31.6. The molecule has 44 heavy (non-hydrogen) atoms. The third-order valence-electron chi connectivity index (χ3n) is 7.29. The van der Waals surface area contributed by atoms with Crippen LogP contribution in [0.3, 0.4) is 0 Å². The third kappa shape index (κ3) is 6.31. The quantitative estimate of drug-likeness (QED) is 0.220. The van der Waals surface area contributed by atoms with E-state index in [1.165, 1.54) is 11.0 Å². The normalized spacial score (nSPS) is 22.4. The van der Waals surface area contributed by atoms with Gasteiger partial charge >= 0.3 is 12.1 Å². The summed E-state index contributed by atoms with van der Waals surface area (Å²) in [5, 5.41) is 1.48. The number of carbonyl (C=O) groups excluding carboxylic acids is 4. The fourth-order valence-electron chi connectivity index (χ4n) is 5.36. The van der Waals surface area contributed by atoms with E-state index in [-0.39, 0.29) is 29.5 Å². The lowest BCUT2D eigenvalue weighted by molar-refractivity contribution is -0.153. The lowest BCUT2D eigenvalue weighted by atomic mass is 10.00. The summed E-state index contributed by atoms with van der Waals surface area (Å²) in [6, 6.07) is 17.1. The number of likely N-dealkylation sites (tertiary alicyclic amines) is 1. The van der Waals surface area contributed by atoms with Crippen LogP contribution in [0.15, 0.2) is 83.6 Å². The van der Waals surface area contributed by atoms with Gasteiger partial charge in [-0.25, -0.2) is 9.59 Å². The average Bonchev–Trinajstić information content (AvgIpc) is 3.32. The largest absolute Gasteiger partial charge is 0.448 e. The van der Waals surface area contributed by atoms with Crippen molar-refractivity contribution in [2.45, 2.75) is 50.3 Å². The molecule has 1 N–H and O–H groups in total. The maximum Gasteiger partial charge on any atom is 0.408 e. The standard InChI is InChI=1S/C33H33N3O7S/c1-5-17-35-18-16-23(28(35)37)19-24-20-44(41)30-25(34-32(40)43-33(2,3)4)29(38)36(30)26(24)31(39)42-27(21-12-8-6-9-13-21)22-14-10-7-11-15-22/h1,6-15,19,25,27,30H,16-18,20H2,2-4H3,(H,34,40)/b23-19+/t25-,30-,44?/m1/s1. The van der Waals surface area contributed by atoms with Crippen LogP contribution in [0.2, 0.25) is 0 Å². The van der Waals surface area contributed by atoms with E-state index in [0.717, 1.165) is 4.90 Å². The van der Waals surface area contributed by atoms with E-state index in [2.05, 4.69) is 11.2 Å². The first kappa shape index (κ1) is 30.8. The molecule has 10 nitrogen and oxygen atoms in total. The van der Waals surface area contributed by atoms with Gasteiger partial charge in [-0.05, 0) is 50.0 Å². The number of nitrogens with one attached hydrogen (secondary N) is 1. The predicted molar refractivity (Wildman–Crippen MR) is 163 cm³/mol. The van der Waals surface area contributed by atoms with Gasteiger partial charge in [0.15, 0.2) is 6.10 Å². The van der Waals surface area contributed by atoms with Gasteiger partial charge in [-0.3, -0.25) is 18.7 Å². The molecule has 2 saturated heterocycles. The van der Waals surface area contributed by atoms with Gasteiger partial charge in [-0.15, -0.1) is 6.42 Å². The number of hydrogen-bond acceptors (Lipinski definition) is 7. The number of ether oxygens (including phenoxy) is 2. The lowest BCUT2D eigenvalue weighted by Gasteiger charge is -2.49. The number of benzene rings is 2. The van der Waals surface area contributed by atoms with Crippen LogP contribution in [0.25, 0.3) is 0 Å². The maximum absolute atomic E-state index is 14.1. The van der Waals surface area contributed by atoms with Crippen LogP contribution in [0.5, 0.6) is 0 Å². The molecule has 2 aromatic rings. The Kier molecular flexibility index (Phi) is 8.74. The van der Waals surface area contributed by atoms with Gasteiger partial charge in [0.05, 0.1) is 23.1 Å². The minimum atomic E-state index is -1.73. The topological polar surface area (TPSA) is 122 Å². The van der Waals surface area contributed by atoms with Crippen LogP contribution in [0, 0.1) is 12.3 Å². The molecule has 3 aliphatic heterocycles. The number of hydrogen-bond donors (Lipinski definition) is 1. The molecule has 0 radical (unpaired) electrons. The van der Waals surface area contributed by atoms with Crippen molar-refractivity contribution in [2.75, 3.05) is 18.8 Å². The van der Waals surface area contributed by atoms with E-state index in [0.29, 0.717) is 29.7 Å². The number of terminal acetylenes is 1. The van der Waals surface area contributed by atoms with Gasteiger partial charge in [0.1, 0.15) is 22.7 Å². The number of alkyl carbamates (subject to hydrolysis) is 1. The van der Waals surface area contributed by atoms with Crippen LogP contribution in [0.1, 0.15) is 44.4 Å². The third-order valence-corrected chi connectivity index (χ3v) is 8.91. The summed E-state index contributed by atoms with van der Waals surface area (Å²) in [7, 11) is -1.73. The molecule has 3 amide bonds. The second-order valence-corrected chi connectivity index (χ2v) is 13.1. The fraction of sp³-hybridized carbons (Fsp3) is 0.333. The number of nitrogens with zero attached hydrogens (tertiary/aromatic N) is 2. The van der Waals surface area contributed by atoms with Gasteiger partial charge in [0.25, 0.3) is 11.8 Å². The number of rotatable bonds is 7. The molecule has 1 unspecified atom stereocenters. The van der Waals surface area contributed by atoms with E-state index in [9.17, 15) is 23.4 Å². The van der Waals surface area contributed by atoms with Crippen LogP contribution < -0.4 is 5.32 Å². The molecular formula is C33H33N3O7S. The van der Waals surface area contributed by atoms with Crippen molar-refractivity contribution in [3.05, 3.63) is 94.7 Å². The Bertz CT molecular complexity index is 1570. The van der Waals surface area contributed by atoms with Crippen molar-refractivity contribution in [2.24, 2.45) is 0 Å². The summed E-state index contributed by atoms with van der Waals surface area (Å²) in [5.74, 6) is 0.562. The highest BCUT2D eigenvalue weighted by Gasteiger charge is 2.57. The minimum absolute atomic E-state index is 0.116. The van der Waals surface area contributed by atoms with Crippen molar-refractivity contribution in [1.29, 1.82) is 0 Å². The number of β-lactam (4-membered cyclic amide) rings is 1. The Labute approximate surface area is 258 Å². The summed E-state index contributed by atoms with van der Waals surface area (Å²) >= 11 is 0. The molecule has 11 heteroatoms. The summed E-state index contributed by atoms with van der Waals surface area (Å²) in [6.45, 7) is 5.59. The molecule has 0 saturated carbocycles. The van der Waals surface area contributed by atoms with Crippen LogP contribution in [0.4, 0.5) is 4.79 Å². The Morgan fingerprint density at radius 3 is 2.27 bits per heavy atom. The van der Waals surface area contributed by atoms with Gasteiger partial charge in [0, 0.05) is 12.1 Å². The second kappa shape index (κ2) is 12.5. The molecular weight excluding hydrogens is 582 g/mol. The Morgan fingerprint density at radius 1 is 1.09 bits per heavy atom. The van der Waals surface area contributed by atoms with Gasteiger partial charge in [-0.1, -0.05) is 66.6 Å². The van der Waals surface area contributed by atoms with E-state index in [1.54, 1.807) is 20.8 Å². The van der Waals surface area contributed by atoms with E-state index in [4.69, 9.17) is 15.9 Å². The van der Waals surface area contributed by atoms with Gasteiger partial charge in [-0.2, -0.15) is 0 Å². The van der Waals surface area contributed by atoms with E-state index >= 15 is 0 Å². The smallest absolute Gasteiger partial charge is 0.408 e. The molecule has 3 aliphatic rings. The Balaban J connectivity index is 1.53. The highest BCUT2D eigenvalue weighted by molar-refractivity contribution is 7.86. The molecule has 2 fully saturated rings. The molecule has 0 spiro atoms. The molecule has 0 bridgehead atoms. The highest BCUT2D eigenvalue weighted by atomic mass is 32.2. The molecule has 228 valence electrons. The van der Waals surface area contributed by atoms with Crippen molar-refractivity contribution < 1.29 is 32.9 Å². The predicted octanol–water partition coefficient (Wildman–Crippen LogP) is 3.19. The zero-order valence-electron chi connectivity index (χ0n) is 24.6. The van der Waals surface area contributed by atoms with Crippen LogP contribution in [-0.2, 0) is 34.7 Å². The number of esters is 1. The second-order valence-electron chi connectivity index (χ2n) is 11.6. The van der Waals surface area contributed by atoms with Crippen molar-refractivity contribution in [3.63, 3.8) is 0 Å². The number of carbonyl (C=O) groups is 4. The first-order chi connectivity index (χ1) is 21.0. The highest BCUT2D eigenvalue weighted by Crippen LogP contribution is 2.38. The summed E-state index contributed by atoms with van der Waals surface area (Å²) in [4.78, 5) is 55.8. The van der Waals surface area contributed by atoms with Gasteiger partial charge in [0.2, 0.25) is 0 Å². The molecule has 3 atom stereocenters. The van der Waals surface area contributed by atoms with Crippen LogP contribution in [-0.4, -0.2) is 73.7 Å². The Hall–Kier alpha value is -4.69. The first-order valence-corrected chi connectivity index (χ1v) is 15.5. The fourth-order valence-corrected chi connectivity index (χ4v) is 6.99. The van der Waals surface area contributed by atoms with Crippen molar-refractivity contribution >= 4 is 34.7 Å². The lowest BCUT2D eigenvalue weighted by Crippen LogP contribution is -2.73. The molecule has 5 rings (SSSR count). The van der Waals surface area contributed by atoms with Gasteiger partial charge < -0.3 is 19.7 Å². The average molecular weight is 616 g/mol. The summed E-state index contributed by atoms with van der Waals surface area (Å²) in [5.41, 5.74) is 1.10. The molecule has 0 aliphatic carbocycles. The van der Waals surface area contributed by atoms with Crippen molar-refractivity contribution in [3.8, 4) is 12.3 Å². The molecule has 0 aromatic heterocycles. The summed E-state index contributed by atoms with van der Waals surface area (Å²) < 4.78 is 24.9. The number of allylic oxidation sites excluding steroid dienone is 1. The Morgan fingerprint density at radius 2 is 1.70 bits per heavy atom. The minimum Gasteiger partial charge on any atom is -0.448 e. The number of fused-ring (bicyclic) bond motifs is 1. The van der Waals surface area contributed by atoms with Crippen molar-refractivity contribution in [1.82, 2.24) is 15.1 Å². The summed E-state index contributed by atoms with van der Waals surface area (Å²) in [6.07, 6.45) is 5.64. The number of amides is 3. The molecule has 3 heterocycles. The van der Waals surface area contributed by atoms with E-state index < -0.39 is 51.9 Å². The first-order valence-electron chi connectivity index (χ1n) is 14.2. The monoisotopic (exact) mass is 615 g/mol.